The molecule has 0 saturated carbocycles. The van der Waals surface area contributed by atoms with Crippen molar-refractivity contribution in [2.45, 2.75) is 92.8 Å². The Hall–Kier alpha value is -7.04. The quantitative estimate of drug-likeness (QED) is 0.166. The summed E-state index contributed by atoms with van der Waals surface area (Å²) in [6.07, 6.45) is 1.86. The molecule has 0 aliphatic rings. The first kappa shape index (κ1) is 39.3. The lowest BCUT2D eigenvalue weighted by atomic mass is 9.83. The summed E-state index contributed by atoms with van der Waals surface area (Å²) < 4.78 is 37.3. The number of aromatic hydroxyl groups is 1. The van der Waals surface area contributed by atoms with Gasteiger partial charge in [0, 0.05) is 28.4 Å². The van der Waals surface area contributed by atoms with Crippen LogP contribution < -0.4 is 0 Å². The van der Waals surface area contributed by atoms with E-state index >= 15 is 0 Å². The molecule has 0 bridgehead atoms. The minimum absolute atomic E-state index is 0.0945. The molecule has 9 aromatic rings. The van der Waals surface area contributed by atoms with Crippen molar-refractivity contribution in [3.63, 3.8) is 0 Å². The SMILES string of the molecule is [2H]C([2H])([2H])c1cc(-c2ccc(C(C)(C)C)cc2)c(-n2c(-c3cc(C)cc(C)c3O)nc3c(-c4cc(-c5cc(-c6ccc(C([2H])(C)C)cc6)ccn5)cc(C(C)(C)C)c4)cccc32)cc1-c1ccccc1. The van der Waals surface area contributed by atoms with E-state index in [2.05, 4.69) is 125 Å². The Morgan fingerprint density at radius 1 is 0.561 bits per heavy atom. The molecule has 0 saturated heterocycles. The number of phenols is 1. The number of hydrogen-bond acceptors (Lipinski definition) is 3. The fourth-order valence-corrected chi connectivity index (χ4v) is 9.03. The molecule has 4 heteroatoms. The largest absolute Gasteiger partial charge is 0.507 e. The number of benzene rings is 7. The summed E-state index contributed by atoms with van der Waals surface area (Å²) in [6, 6.07) is 51.2. The van der Waals surface area contributed by atoms with Gasteiger partial charge in [-0.25, -0.2) is 4.98 Å². The summed E-state index contributed by atoms with van der Waals surface area (Å²) in [5.74, 6) is -0.0368. The first-order chi connectivity index (χ1) is 33.0. The van der Waals surface area contributed by atoms with Gasteiger partial charge in [-0.15, -0.1) is 0 Å². The maximum atomic E-state index is 12.0. The fraction of sp³-hybridized carbons (Fsp3) is 0.226. The van der Waals surface area contributed by atoms with E-state index in [4.69, 9.17) is 15.5 Å². The topological polar surface area (TPSA) is 50.9 Å². The third kappa shape index (κ3) is 8.49. The highest BCUT2D eigenvalue weighted by Gasteiger charge is 2.26. The molecule has 9 rings (SSSR count). The van der Waals surface area contributed by atoms with Crippen LogP contribution in [0.4, 0.5) is 0 Å². The molecule has 0 atom stereocenters. The van der Waals surface area contributed by atoms with Crippen molar-refractivity contribution in [2.75, 3.05) is 0 Å². The normalized spacial score (nSPS) is 13.3. The van der Waals surface area contributed by atoms with Crippen LogP contribution in [-0.4, -0.2) is 19.6 Å². The zero-order chi connectivity index (χ0) is 50.1. The molecule has 7 aromatic carbocycles. The molecule has 4 nitrogen and oxygen atoms in total. The highest BCUT2D eigenvalue weighted by Crippen LogP contribution is 2.44. The standard InChI is InChI=1S/C62H61N3O/c1-38(2)42-20-22-43(23-21-42)46-28-29-63-55(36-46)48-33-47(34-50(35-48)62(9,10)11)51-18-15-19-56-58(51)64-60(54-31-39(3)30-41(5)59(54)66)65(56)57-37-52(44-16-13-12-14-17-44)40(4)32-53(57)45-24-26-49(27-25-45)61(6,7)8/h12-38,66H,1-11H3/i4D3,38D. The molecule has 0 amide bonds. The average Bonchev–Trinajstić information content (AvgIpc) is 3.71. The van der Waals surface area contributed by atoms with Crippen LogP contribution in [0.5, 0.6) is 5.75 Å². The second-order valence-corrected chi connectivity index (χ2v) is 20.1. The predicted octanol–water partition coefficient (Wildman–Crippen LogP) is 16.8. The molecule has 330 valence electrons. The number of pyridine rings is 1. The Morgan fingerprint density at radius 2 is 1.24 bits per heavy atom. The second kappa shape index (κ2) is 17.1. The maximum absolute atomic E-state index is 12.0. The van der Waals surface area contributed by atoms with Gasteiger partial charge >= 0.3 is 0 Å². The summed E-state index contributed by atoms with van der Waals surface area (Å²) in [7, 11) is 0. The number of imidazole rings is 1. The first-order valence-corrected chi connectivity index (χ1v) is 22.9. The van der Waals surface area contributed by atoms with Crippen molar-refractivity contribution in [3.05, 3.63) is 191 Å². The highest BCUT2D eigenvalue weighted by molar-refractivity contribution is 5.98. The van der Waals surface area contributed by atoms with Crippen molar-refractivity contribution < 1.29 is 10.6 Å². The minimum atomic E-state index is -2.43. The van der Waals surface area contributed by atoms with E-state index in [0.717, 1.165) is 94.7 Å². The van der Waals surface area contributed by atoms with Crippen LogP contribution in [0.25, 0.3) is 83.9 Å². The van der Waals surface area contributed by atoms with Gasteiger partial charge in [-0.2, -0.15) is 0 Å². The molecule has 2 aromatic heterocycles. The van der Waals surface area contributed by atoms with Crippen molar-refractivity contribution in [1.82, 2.24) is 14.5 Å². The van der Waals surface area contributed by atoms with Crippen LogP contribution in [0.3, 0.4) is 0 Å². The molecular formula is C62H61N3O. The van der Waals surface area contributed by atoms with Crippen LogP contribution in [0.1, 0.15) is 100 Å². The molecule has 0 fully saturated rings. The Morgan fingerprint density at radius 3 is 1.92 bits per heavy atom. The van der Waals surface area contributed by atoms with Crippen molar-refractivity contribution in [2.24, 2.45) is 0 Å². The van der Waals surface area contributed by atoms with Crippen LogP contribution in [-0.2, 0) is 10.8 Å². The van der Waals surface area contributed by atoms with Gasteiger partial charge in [0.25, 0.3) is 0 Å². The molecule has 66 heavy (non-hydrogen) atoms. The van der Waals surface area contributed by atoms with Crippen molar-refractivity contribution >= 4 is 11.0 Å². The molecule has 0 aliphatic carbocycles. The summed E-state index contributed by atoms with van der Waals surface area (Å²) in [4.78, 5) is 10.5. The summed E-state index contributed by atoms with van der Waals surface area (Å²) in [5.41, 5.74) is 16.4. The number of nitrogens with zero attached hydrogens (tertiary/aromatic N) is 3. The molecule has 1 N–H and O–H groups in total. The Balaban J connectivity index is 1.34. The summed E-state index contributed by atoms with van der Waals surface area (Å²) in [6.45, 7) is 18.5. The molecule has 0 radical (unpaired) electrons. The molecular weight excluding hydrogens is 803 g/mol. The first-order valence-electron chi connectivity index (χ1n) is 24.9. The molecule has 0 aliphatic heterocycles. The monoisotopic (exact) mass is 868 g/mol. The van der Waals surface area contributed by atoms with Crippen molar-refractivity contribution in [1.29, 1.82) is 0 Å². The Kier molecular flexibility index (Phi) is 10.2. The summed E-state index contributed by atoms with van der Waals surface area (Å²) >= 11 is 0. The lowest BCUT2D eigenvalue weighted by molar-refractivity contribution is 0.472. The molecule has 2 heterocycles. The van der Waals surface area contributed by atoms with E-state index in [9.17, 15) is 5.11 Å². The van der Waals surface area contributed by atoms with E-state index in [0.29, 0.717) is 17.0 Å². The van der Waals surface area contributed by atoms with Gasteiger partial charge in [-0.1, -0.05) is 159 Å². The second-order valence-electron chi connectivity index (χ2n) is 20.1. The zero-order valence-electron chi connectivity index (χ0n) is 43.8. The van der Waals surface area contributed by atoms with Gasteiger partial charge in [0.05, 0.1) is 28.0 Å². The summed E-state index contributed by atoms with van der Waals surface area (Å²) in [5, 5.41) is 12.0. The lowest BCUT2D eigenvalue weighted by Crippen LogP contribution is -2.11. The maximum Gasteiger partial charge on any atom is 0.149 e. The number of rotatable bonds is 8. The Labute approximate surface area is 397 Å². The Bertz CT molecular complexity index is 3420. The van der Waals surface area contributed by atoms with Crippen molar-refractivity contribution in [3.8, 4) is 78.6 Å². The minimum Gasteiger partial charge on any atom is -0.507 e. The van der Waals surface area contributed by atoms with Gasteiger partial charge in [0.1, 0.15) is 11.6 Å². The van der Waals surface area contributed by atoms with Gasteiger partial charge in [0.15, 0.2) is 0 Å². The van der Waals surface area contributed by atoms with Crippen LogP contribution >= 0.6 is 0 Å². The lowest BCUT2D eigenvalue weighted by Gasteiger charge is -2.22. The number of phenolic OH excluding ortho intramolecular Hbond substituents is 1. The number of aromatic nitrogens is 3. The van der Waals surface area contributed by atoms with Gasteiger partial charge < -0.3 is 5.11 Å². The third-order valence-electron chi connectivity index (χ3n) is 12.9. The van der Waals surface area contributed by atoms with E-state index in [1.807, 2.05) is 107 Å². The smallest absolute Gasteiger partial charge is 0.149 e. The van der Waals surface area contributed by atoms with Gasteiger partial charge in [0.2, 0.25) is 0 Å². The third-order valence-corrected chi connectivity index (χ3v) is 12.9. The average molecular weight is 868 g/mol. The number of fused-ring (bicyclic) bond motifs is 1. The highest BCUT2D eigenvalue weighted by atomic mass is 16.3. The van der Waals surface area contributed by atoms with E-state index in [-0.39, 0.29) is 22.1 Å². The van der Waals surface area contributed by atoms with Gasteiger partial charge in [-0.3, -0.25) is 9.55 Å². The molecule has 0 spiro atoms. The number of aryl methyl sites for hydroxylation is 3. The van der Waals surface area contributed by atoms with E-state index in [1.54, 1.807) is 0 Å². The predicted molar refractivity (Wildman–Crippen MR) is 279 cm³/mol. The number of hydrogen-bond donors (Lipinski definition) is 1. The van der Waals surface area contributed by atoms with Crippen LogP contribution in [0.2, 0.25) is 0 Å². The van der Waals surface area contributed by atoms with Crippen LogP contribution in [0.15, 0.2) is 158 Å². The van der Waals surface area contributed by atoms with Crippen LogP contribution in [0, 0.1) is 20.7 Å². The fourth-order valence-electron chi connectivity index (χ4n) is 9.03. The number of para-hydroxylation sites is 1. The van der Waals surface area contributed by atoms with E-state index < -0.39 is 12.7 Å². The molecule has 0 unspecified atom stereocenters. The van der Waals surface area contributed by atoms with E-state index in [1.165, 1.54) is 0 Å². The zero-order valence-corrected chi connectivity index (χ0v) is 39.8. The van der Waals surface area contributed by atoms with Gasteiger partial charge in [-0.05, 0) is 153 Å².